The molecule has 0 saturated carbocycles. The Morgan fingerprint density at radius 2 is 1.90 bits per heavy atom. The zero-order valence-corrected chi connectivity index (χ0v) is 17.0. The number of nitrogens with two attached hydrogens (primary N) is 1. The van der Waals surface area contributed by atoms with Gasteiger partial charge in [-0.1, -0.05) is 30.3 Å². The fraction of sp³-hybridized carbons (Fsp3) is 0.200. The zero-order valence-electron chi connectivity index (χ0n) is 16.2. The van der Waals surface area contributed by atoms with Crippen LogP contribution in [0.15, 0.2) is 59.8 Å². The molecule has 2 aromatic rings. The Kier molecular flexibility index (Phi) is 5.34. The van der Waals surface area contributed by atoms with E-state index >= 15 is 0 Å². The standard InChI is InChI=1S/C20H21N3O5S/c1-20(2)12-16(15-9-4-5-10-17(15)27-20)13-7-6-8-14(11-13)18(24)22-19(21)23-28-29(3,25)26/h4-12H,1-3H3,(H3,21,22,23,24). The van der Waals surface area contributed by atoms with Crippen LogP contribution in [0.3, 0.4) is 0 Å². The Hall–Kier alpha value is -3.33. The third-order valence-electron chi connectivity index (χ3n) is 3.99. The number of benzene rings is 2. The summed E-state index contributed by atoms with van der Waals surface area (Å²) in [5.41, 5.74) is 7.99. The Labute approximate surface area is 169 Å². The van der Waals surface area contributed by atoms with Crippen molar-refractivity contribution in [3.8, 4) is 5.75 Å². The number of para-hydroxylation sites is 1. The lowest BCUT2D eigenvalue weighted by Crippen LogP contribution is -2.37. The number of hydrogen-bond donors (Lipinski definition) is 2. The van der Waals surface area contributed by atoms with E-state index in [1.165, 1.54) is 0 Å². The van der Waals surface area contributed by atoms with Gasteiger partial charge in [0.15, 0.2) is 0 Å². The highest BCUT2D eigenvalue weighted by Crippen LogP contribution is 2.39. The van der Waals surface area contributed by atoms with Crippen LogP contribution in [0.1, 0.15) is 35.3 Å². The van der Waals surface area contributed by atoms with Crippen LogP contribution < -0.4 is 15.8 Å². The monoisotopic (exact) mass is 415 g/mol. The van der Waals surface area contributed by atoms with Gasteiger partial charge in [0.25, 0.3) is 5.91 Å². The topological polar surface area (TPSA) is 120 Å². The molecule has 0 fully saturated rings. The van der Waals surface area contributed by atoms with E-state index in [2.05, 4.69) is 14.8 Å². The van der Waals surface area contributed by atoms with Crippen molar-refractivity contribution in [1.82, 2.24) is 5.32 Å². The molecule has 152 valence electrons. The molecule has 0 aliphatic carbocycles. The van der Waals surface area contributed by atoms with Crippen molar-refractivity contribution < 1.29 is 22.2 Å². The lowest BCUT2D eigenvalue weighted by Gasteiger charge is -2.31. The van der Waals surface area contributed by atoms with Gasteiger partial charge >= 0.3 is 10.1 Å². The third-order valence-corrected chi connectivity index (χ3v) is 4.34. The maximum absolute atomic E-state index is 12.5. The van der Waals surface area contributed by atoms with Crippen molar-refractivity contribution >= 4 is 27.6 Å². The molecule has 0 bridgehead atoms. The van der Waals surface area contributed by atoms with E-state index in [1.807, 2.05) is 50.3 Å². The molecule has 3 N–H and O–H groups in total. The van der Waals surface area contributed by atoms with Crippen molar-refractivity contribution in [1.29, 1.82) is 0 Å². The van der Waals surface area contributed by atoms with Crippen LogP contribution in [0.4, 0.5) is 0 Å². The van der Waals surface area contributed by atoms with Gasteiger partial charge in [-0.15, -0.1) is 0 Å². The highest BCUT2D eigenvalue weighted by Gasteiger charge is 2.27. The second-order valence-electron chi connectivity index (χ2n) is 7.05. The summed E-state index contributed by atoms with van der Waals surface area (Å²) in [6.45, 7) is 3.91. The lowest BCUT2D eigenvalue weighted by molar-refractivity contribution is 0.0975. The minimum absolute atomic E-state index is 0.322. The molecule has 2 aromatic carbocycles. The largest absolute Gasteiger partial charge is 0.483 e. The van der Waals surface area contributed by atoms with Gasteiger partial charge in [-0.25, -0.2) is 0 Å². The van der Waals surface area contributed by atoms with Gasteiger partial charge in [0.05, 0.1) is 6.26 Å². The van der Waals surface area contributed by atoms with Crippen molar-refractivity contribution in [2.24, 2.45) is 10.9 Å². The van der Waals surface area contributed by atoms with E-state index in [1.54, 1.807) is 18.2 Å². The molecule has 1 amide bonds. The fourth-order valence-electron chi connectivity index (χ4n) is 2.90. The molecule has 0 unspecified atom stereocenters. The smallest absolute Gasteiger partial charge is 0.325 e. The van der Waals surface area contributed by atoms with Crippen molar-refractivity contribution in [2.45, 2.75) is 19.4 Å². The number of amides is 1. The molecule has 29 heavy (non-hydrogen) atoms. The van der Waals surface area contributed by atoms with Crippen LogP contribution in [-0.2, 0) is 14.4 Å². The summed E-state index contributed by atoms with van der Waals surface area (Å²) in [5, 5.41) is 5.46. The van der Waals surface area contributed by atoms with Gasteiger partial charge in [0, 0.05) is 11.1 Å². The molecule has 3 rings (SSSR count). The van der Waals surface area contributed by atoms with Crippen LogP contribution in [0, 0.1) is 0 Å². The summed E-state index contributed by atoms with van der Waals surface area (Å²) in [4.78, 5) is 12.5. The Morgan fingerprint density at radius 3 is 2.62 bits per heavy atom. The third kappa shape index (κ3) is 5.14. The Morgan fingerprint density at radius 1 is 1.17 bits per heavy atom. The Balaban J connectivity index is 1.90. The summed E-state index contributed by atoms with van der Waals surface area (Å²) < 4.78 is 32.1. The number of carbonyl (C=O) groups is 1. The molecule has 1 heterocycles. The number of hydrogen-bond acceptors (Lipinski definition) is 6. The average molecular weight is 415 g/mol. The molecule has 9 heteroatoms. The van der Waals surface area contributed by atoms with Gasteiger partial charge in [0.1, 0.15) is 11.4 Å². The maximum Gasteiger partial charge on any atom is 0.325 e. The predicted octanol–water partition coefficient (Wildman–Crippen LogP) is 2.22. The minimum Gasteiger partial charge on any atom is -0.483 e. The van der Waals surface area contributed by atoms with Crippen molar-refractivity contribution in [3.63, 3.8) is 0 Å². The number of carbonyl (C=O) groups excluding carboxylic acids is 1. The molecule has 0 saturated heterocycles. The van der Waals surface area contributed by atoms with Gasteiger partial charge < -0.3 is 10.5 Å². The summed E-state index contributed by atoms with van der Waals surface area (Å²) in [7, 11) is -3.82. The highest BCUT2D eigenvalue weighted by molar-refractivity contribution is 7.85. The first-order valence-electron chi connectivity index (χ1n) is 8.69. The Bertz CT molecular complexity index is 1120. The molecule has 0 atom stereocenters. The van der Waals surface area contributed by atoms with E-state index in [4.69, 9.17) is 10.5 Å². The SMILES string of the molecule is CC1(C)C=C(c2cccc(C(=O)NC(N)=NOS(C)(=O)=O)c2)c2ccccc2O1. The summed E-state index contributed by atoms with van der Waals surface area (Å²) >= 11 is 0. The quantitative estimate of drug-likeness (QED) is 0.449. The second-order valence-corrected chi connectivity index (χ2v) is 8.61. The molecular weight excluding hydrogens is 394 g/mol. The van der Waals surface area contributed by atoms with Crippen LogP contribution in [0.5, 0.6) is 5.75 Å². The van der Waals surface area contributed by atoms with Gasteiger partial charge in [-0.05, 0) is 54.4 Å². The summed E-state index contributed by atoms with van der Waals surface area (Å²) in [5.74, 6) is -0.257. The first kappa shape index (κ1) is 20.4. The van der Waals surface area contributed by atoms with Crippen LogP contribution in [-0.4, -0.2) is 32.1 Å². The van der Waals surface area contributed by atoms with Crippen LogP contribution in [0.25, 0.3) is 5.57 Å². The van der Waals surface area contributed by atoms with Crippen LogP contribution >= 0.6 is 0 Å². The number of nitrogens with zero attached hydrogens (tertiary/aromatic N) is 1. The average Bonchev–Trinajstić information content (AvgIpc) is 2.64. The highest BCUT2D eigenvalue weighted by atomic mass is 32.2. The van der Waals surface area contributed by atoms with E-state index in [9.17, 15) is 13.2 Å². The lowest BCUT2D eigenvalue weighted by atomic mass is 9.89. The number of ether oxygens (including phenoxy) is 1. The predicted molar refractivity (Wildman–Crippen MR) is 110 cm³/mol. The molecular formula is C20H21N3O5S. The van der Waals surface area contributed by atoms with E-state index in [0.717, 1.165) is 28.7 Å². The first-order chi connectivity index (χ1) is 13.5. The van der Waals surface area contributed by atoms with Gasteiger partial charge in [0.2, 0.25) is 5.96 Å². The minimum atomic E-state index is -3.82. The number of oxime groups is 1. The zero-order chi connectivity index (χ0) is 21.2. The molecule has 1 aliphatic rings. The van der Waals surface area contributed by atoms with Gasteiger partial charge in [-0.2, -0.15) is 8.42 Å². The molecule has 1 aliphatic heterocycles. The van der Waals surface area contributed by atoms with E-state index in [0.29, 0.717) is 5.56 Å². The number of fused-ring (bicyclic) bond motifs is 1. The molecule has 0 spiro atoms. The van der Waals surface area contributed by atoms with Crippen LogP contribution in [0.2, 0.25) is 0 Å². The first-order valence-corrected chi connectivity index (χ1v) is 10.5. The van der Waals surface area contributed by atoms with E-state index < -0.39 is 27.6 Å². The second kappa shape index (κ2) is 7.59. The molecule has 0 radical (unpaired) electrons. The number of rotatable bonds is 4. The summed E-state index contributed by atoms with van der Waals surface area (Å²) in [6.07, 6.45) is 2.82. The van der Waals surface area contributed by atoms with Crippen molar-refractivity contribution in [2.75, 3.05) is 6.26 Å². The summed E-state index contributed by atoms with van der Waals surface area (Å²) in [6, 6.07) is 14.6. The number of nitrogens with one attached hydrogen (secondary N) is 1. The van der Waals surface area contributed by atoms with Gasteiger partial charge in [-0.3, -0.25) is 14.4 Å². The fourth-order valence-corrected chi connectivity index (χ4v) is 3.12. The molecule has 0 aromatic heterocycles. The number of guanidine groups is 1. The van der Waals surface area contributed by atoms with Crippen molar-refractivity contribution in [3.05, 3.63) is 71.3 Å². The van der Waals surface area contributed by atoms with E-state index in [-0.39, 0.29) is 0 Å². The molecule has 8 nitrogen and oxygen atoms in total. The normalized spacial score (nSPS) is 15.6. The maximum atomic E-state index is 12.5.